The van der Waals surface area contributed by atoms with E-state index in [1.165, 1.54) is 12.2 Å². The van der Waals surface area contributed by atoms with Crippen LogP contribution in [0.3, 0.4) is 0 Å². The molecule has 0 heterocycles. The Hall–Kier alpha value is -0.800. The van der Waals surface area contributed by atoms with Crippen LogP contribution in [0.4, 0.5) is 0 Å². The second-order valence-corrected chi connectivity index (χ2v) is 1.80. The molecule has 7 heteroatoms. The summed E-state index contributed by atoms with van der Waals surface area (Å²) in [5.74, 6) is 0. The van der Waals surface area contributed by atoms with Gasteiger partial charge in [-0.3, -0.25) is 0 Å². The Labute approximate surface area is 75.4 Å². The molecule has 0 aliphatic carbocycles. The van der Waals surface area contributed by atoms with Gasteiger partial charge in [0.25, 0.3) is 0 Å². The van der Waals surface area contributed by atoms with Crippen LogP contribution >= 0.6 is 0 Å². The van der Waals surface area contributed by atoms with Crippen molar-refractivity contribution in [3.05, 3.63) is 35.7 Å². The fourth-order valence-corrected chi connectivity index (χ4v) is 0.381. The molecule has 0 rings (SSSR count). The maximum Gasteiger partial charge on any atom is 0.129 e. The molecule has 7 nitrogen and oxygen atoms in total. The van der Waals surface area contributed by atoms with E-state index >= 15 is 0 Å². The maximum atomic E-state index is 10.6. The Kier molecular flexibility index (Phi) is 7.35. The van der Waals surface area contributed by atoms with Crippen LogP contribution in [-0.2, 0) is 14.6 Å². The van der Waals surface area contributed by atoms with Gasteiger partial charge in [-0.05, 0) is 10.8 Å². The summed E-state index contributed by atoms with van der Waals surface area (Å²) < 4.78 is 0. The van der Waals surface area contributed by atoms with E-state index in [0.29, 0.717) is 0 Å². The summed E-state index contributed by atoms with van der Waals surface area (Å²) >= 11 is 0. The van der Waals surface area contributed by atoms with E-state index in [0.717, 1.165) is 0 Å². The molecule has 0 amide bonds. The van der Waals surface area contributed by atoms with Crippen molar-refractivity contribution in [2.75, 3.05) is 13.2 Å². The zero-order chi connectivity index (χ0) is 10.1. The van der Waals surface area contributed by atoms with E-state index in [1.54, 1.807) is 0 Å². The van der Waals surface area contributed by atoms with Crippen LogP contribution in [0, 0.1) is 10.4 Å². The van der Waals surface area contributed by atoms with Crippen molar-refractivity contribution in [1.29, 1.82) is 0 Å². The fourth-order valence-electron chi connectivity index (χ4n) is 0.381. The van der Waals surface area contributed by atoms with Gasteiger partial charge in [-0.2, -0.15) is 9.68 Å². The molecule has 0 radical (unpaired) electrons. The molecular weight excluding hydrogens is 180 g/mol. The molecule has 0 saturated heterocycles. The summed E-state index contributed by atoms with van der Waals surface area (Å²) in [6.45, 7) is 6.56. The second-order valence-electron chi connectivity index (χ2n) is 1.80. The lowest BCUT2D eigenvalue weighted by molar-refractivity contribution is -1.44. The summed E-state index contributed by atoms with van der Waals surface area (Å²) in [6, 6.07) is 0. The Morgan fingerprint density at radius 2 is 1.38 bits per heavy atom. The summed E-state index contributed by atoms with van der Waals surface area (Å²) in [7, 11) is 0. The van der Waals surface area contributed by atoms with Gasteiger partial charge < -0.3 is 10.4 Å². The lowest BCUT2D eigenvalue weighted by atomic mass is 10.7. The van der Waals surface area contributed by atoms with Gasteiger partial charge in [-0.1, -0.05) is 12.2 Å². The van der Waals surface area contributed by atoms with Crippen molar-refractivity contribution in [1.82, 2.24) is 0 Å². The maximum absolute atomic E-state index is 10.6. The molecule has 2 atom stereocenters. The zero-order valence-electron chi connectivity index (χ0n) is 7.02. The topological polar surface area (TPSA) is 82.7 Å². The Morgan fingerprint density at radius 3 is 1.69 bits per heavy atom. The van der Waals surface area contributed by atoms with Crippen molar-refractivity contribution in [2.45, 2.75) is 0 Å². The number of nitrogens with one attached hydrogen (secondary N) is 2. The molecule has 2 N–H and O–H groups in total. The van der Waals surface area contributed by atoms with Crippen LogP contribution in [0.2, 0.25) is 0 Å². The van der Waals surface area contributed by atoms with Crippen LogP contribution in [-0.4, -0.2) is 13.2 Å². The molecule has 2 unspecified atom stereocenters. The van der Waals surface area contributed by atoms with Gasteiger partial charge in [-0.25, -0.2) is 0 Å². The van der Waals surface area contributed by atoms with E-state index in [-0.39, 0.29) is 13.2 Å². The standard InChI is InChI=1S/C6H12N2O5/c1-3-5-11-7(9)13-8(10)12-6-4-2/h3-4,7-8H,1-2,5-6H2. The first kappa shape index (κ1) is 12.2. The monoisotopic (exact) mass is 192 g/mol. The van der Waals surface area contributed by atoms with Crippen molar-refractivity contribution in [2.24, 2.45) is 0 Å². The van der Waals surface area contributed by atoms with Gasteiger partial charge >= 0.3 is 0 Å². The number of hydrogen-bond acceptors (Lipinski definition) is 5. The van der Waals surface area contributed by atoms with E-state index in [4.69, 9.17) is 0 Å². The number of rotatable bonds is 8. The first-order chi connectivity index (χ1) is 6.20. The molecule has 13 heavy (non-hydrogen) atoms. The first-order valence-corrected chi connectivity index (χ1v) is 3.44. The normalized spacial score (nSPS) is 14.9. The third-order valence-corrected chi connectivity index (χ3v) is 0.805. The predicted octanol–water partition coefficient (Wildman–Crippen LogP) is -2.17. The molecule has 0 aromatic rings. The molecule has 0 fully saturated rings. The van der Waals surface area contributed by atoms with Crippen molar-refractivity contribution >= 4 is 0 Å². The van der Waals surface area contributed by atoms with E-state index in [9.17, 15) is 10.4 Å². The molecule has 76 valence electrons. The largest absolute Gasteiger partial charge is 0.561 e. The molecule has 0 saturated carbocycles. The van der Waals surface area contributed by atoms with Gasteiger partial charge in [0.2, 0.25) is 0 Å². The van der Waals surface area contributed by atoms with Crippen LogP contribution in [0.25, 0.3) is 0 Å². The highest BCUT2D eigenvalue weighted by molar-refractivity contribution is 4.62. The minimum absolute atomic E-state index is 0.0203. The van der Waals surface area contributed by atoms with E-state index in [2.05, 4.69) is 27.8 Å². The van der Waals surface area contributed by atoms with Crippen LogP contribution in [0.1, 0.15) is 0 Å². The lowest BCUT2D eigenvalue weighted by Crippen LogP contribution is -3.24. The quantitative estimate of drug-likeness (QED) is 0.338. The number of quaternary nitrogens is 2. The van der Waals surface area contributed by atoms with E-state index in [1.807, 2.05) is 0 Å². The van der Waals surface area contributed by atoms with Crippen molar-refractivity contribution in [3.63, 3.8) is 0 Å². The summed E-state index contributed by atoms with van der Waals surface area (Å²) in [6.07, 6.45) is 2.69. The van der Waals surface area contributed by atoms with E-state index < -0.39 is 10.8 Å². The van der Waals surface area contributed by atoms with Gasteiger partial charge in [0.1, 0.15) is 13.2 Å². The van der Waals surface area contributed by atoms with Gasteiger partial charge in [-0.15, -0.1) is 13.2 Å². The highest BCUT2D eigenvalue weighted by atomic mass is 17.3. The highest BCUT2D eigenvalue weighted by Gasteiger charge is 2.05. The molecule has 0 bridgehead atoms. The zero-order valence-corrected chi connectivity index (χ0v) is 7.02. The van der Waals surface area contributed by atoms with Gasteiger partial charge in [0.05, 0.1) is 4.94 Å². The van der Waals surface area contributed by atoms with Gasteiger partial charge in [0, 0.05) is 0 Å². The molecule has 0 aromatic carbocycles. The Bertz CT molecular complexity index is 138. The third kappa shape index (κ3) is 7.56. The second kappa shape index (κ2) is 7.83. The smallest absolute Gasteiger partial charge is 0.129 e. The van der Waals surface area contributed by atoms with Crippen LogP contribution in [0.15, 0.2) is 25.3 Å². The average molecular weight is 192 g/mol. The summed E-state index contributed by atoms with van der Waals surface area (Å²) in [5.41, 5.74) is 0. The average Bonchev–Trinajstić information content (AvgIpc) is 2.11. The molecule has 0 aliphatic heterocycles. The fraction of sp³-hybridized carbons (Fsp3) is 0.333. The van der Waals surface area contributed by atoms with Crippen LogP contribution in [0.5, 0.6) is 0 Å². The predicted molar refractivity (Wildman–Crippen MR) is 42.0 cm³/mol. The lowest BCUT2D eigenvalue weighted by Gasteiger charge is -2.19. The highest BCUT2D eigenvalue weighted by Crippen LogP contribution is 1.62. The minimum atomic E-state index is -1.12. The molecule has 0 aromatic heterocycles. The van der Waals surface area contributed by atoms with Crippen LogP contribution < -0.4 is 10.8 Å². The summed E-state index contributed by atoms with van der Waals surface area (Å²) in [5, 5.41) is 18.9. The summed E-state index contributed by atoms with van der Waals surface area (Å²) in [4.78, 5) is 12.7. The Morgan fingerprint density at radius 1 is 1.00 bits per heavy atom. The third-order valence-electron chi connectivity index (χ3n) is 0.805. The molecule has 0 spiro atoms. The van der Waals surface area contributed by atoms with Crippen molar-refractivity contribution in [3.8, 4) is 0 Å². The molecular formula is C6H12N2O5. The number of hydrogen-bond donors (Lipinski definition) is 2. The first-order valence-electron chi connectivity index (χ1n) is 3.44. The molecule has 0 aliphatic rings. The SMILES string of the molecule is C=CCO[NH+]([O-])O[NH+]([O-])OCC=C. The minimum Gasteiger partial charge on any atom is -0.561 e. The van der Waals surface area contributed by atoms with Crippen molar-refractivity contribution < 1.29 is 25.4 Å². The van der Waals surface area contributed by atoms with Gasteiger partial charge in [0.15, 0.2) is 0 Å². The Balaban J connectivity index is 3.45.